The molecule has 0 saturated heterocycles. The summed E-state index contributed by atoms with van der Waals surface area (Å²) in [4.78, 5) is 1.45. The topological polar surface area (TPSA) is 22.9 Å². The van der Waals surface area contributed by atoms with E-state index >= 15 is 0 Å². The van der Waals surface area contributed by atoms with Crippen molar-refractivity contribution in [1.29, 1.82) is 0 Å². The van der Waals surface area contributed by atoms with Crippen LogP contribution in [0.2, 0.25) is 10.0 Å². The van der Waals surface area contributed by atoms with Gasteiger partial charge in [-0.05, 0) is 36.8 Å². The minimum atomic E-state index is 0.334. The first kappa shape index (κ1) is 17.4. The lowest BCUT2D eigenvalue weighted by molar-refractivity contribution is -0.945. The van der Waals surface area contributed by atoms with E-state index in [1.165, 1.54) is 16.0 Å². The number of halogens is 2. The summed E-state index contributed by atoms with van der Waals surface area (Å²) in [5, 5.41) is 1.47. The molecule has 24 heavy (non-hydrogen) atoms. The number of fused-ring (bicyclic) bond motifs is 1. The van der Waals surface area contributed by atoms with Crippen molar-refractivity contribution in [2.24, 2.45) is 0 Å². The highest BCUT2D eigenvalue weighted by molar-refractivity contribution is 6.35. The van der Waals surface area contributed by atoms with E-state index in [0.717, 1.165) is 46.6 Å². The smallest absolute Gasteiger partial charge is 0.161 e. The van der Waals surface area contributed by atoms with Gasteiger partial charge >= 0.3 is 0 Å². The van der Waals surface area contributed by atoms with Gasteiger partial charge in [-0.15, -0.1) is 0 Å². The first-order chi connectivity index (χ1) is 11.5. The van der Waals surface area contributed by atoms with E-state index in [1.54, 1.807) is 14.2 Å². The Balaban J connectivity index is 1.90. The highest BCUT2D eigenvalue weighted by Gasteiger charge is 2.30. The fraction of sp³-hybridized carbons (Fsp3) is 0.368. The quantitative estimate of drug-likeness (QED) is 0.890. The van der Waals surface area contributed by atoms with E-state index in [2.05, 4.69) is 19.1 Å². The van der Waals surface area contributed by atoms with E-state index in [9.17, 15) is 0 Å². The second-order valence-electron chi connectivity index (χ2n) is 6.16. The summed E-state index contributed by atoms with van der Waals surface area (Å²) in [7, 11) is 3.35. The molecule has 0 radical (unpaired) electrons. The highest BCUT2D eigenvalue weighted by atomic mass is 35.5. The number of hydrogen-bond acceptors (Lipinski definition) is 2. The van der Waals surface area contributed by atoms with Crippen molar-refractivity contribution in [2.75, 3.05) is 20.8 Å². The fourth-order valence-electron chi connectivity index (χ4n) is 3.46. The van der Waals surface area contributed by atoms with Crippen LogP contribution in [0.25, 0.3) is 0 Å². The van der Waals surface area contributed by atoms with Gasteiger partial charge in [-0.2, -0.15) is 0 Å². The molecular weight excluding hydrogens is 345 g/mol. The molecule has 0 fully saturated rings. The van der Waals surface area contributed by atoms with Gasteiger partial charge in [0.1, 0.15) is 12.6 Å². The maximum Gasteiger partial charge on any atom is 0.161 e. The van der Waals surface area contributed by atoms with E-state index in [-0.39, 0.29) is 0 Å². The Morgan fingerprint density at radius 2 is 1.71 bits per heavy atom. The zero-order chi connectivity index (χ0) is 17.3. The van der Waals surface area contributed by atoms with Crippen molar-refractivity contribution < 1.29 is 14.4 Å². The Bertz CT molecular complexity index is 728. The lowest BCUT2D eigenvalue weighted by Crippen LogP contribution is -3.11. The summed E-state index contributed by atoms with van der Waals surface area (Å²) in [6.07, 6.45) is 0.997. The van der Waals surface area contributed by atoms with Crippen LogP contribution < -0.4 is 14.4 Å². The van der Waals surface area contributed by atoms with Crippen LogP contribution in [0.3, 0.4) is 0 Å². The molecule has 0 aromatic heterocycles. The fourth-order valence-corrected chi connectivity index (χ4v) is 3.99. The summed E-state index contributed by atoms with van der Waals surface area (Å²) < 4.78 is 10.9. The average molecular weight is 367 g/mol. The zero-order valence-corrected chi connectivity index (χ0v) is 15.7. The number of hydrogen-bond donors (Lipinski definition) is 1. The van der Waals surface area contributed by atoms with Gasteiger partial charge in [0.05, 0.1) is 30.8 Å². The first-order valence-corrected chi connectivity index (χ1v) is 8.83. The summed E-state index contributed by atoms with van der Waals surface area (Å²) in [5.41, 5.74) is 3.65. The second-order valence-corrected chi connectivity index (χ2v) is 6.98. The monoisotopic (exact) mass is 366 g/mol. The van der Waals surface area contributed by atoms with E-state index < -0.39 is 0 Å². The zero-order valence-electron chi connectivity index (χ0n) is 14.2. The van der Waals surface area contributed by atoms with Crippen LogP contribution in [0.4, 0.5) is 0 Å². The SMILES string of the molecule is COc1cc2c(cc1OC)[C@@H](C)[NH+](Cc1c(Cl)cccc1Cl)CC2. The minimum Gasteiger partial charge on any atom is -0.493 e. The predicted octanol–water partition coefficient (Wildman–Crippen LogP) is 3.71. The second kappa shape index (κ2) is 7.22. The van der Waals surface area contributed by atoms with Crippen LogP contribution in [-0.2, 0) is 13.0 Å². The number of rotatable bonds is 4. The van der Waals surface area contributed by atoms with Gasteiger partial charge in [0, 0.05) is 17.5 Å². The molecule has 0 spiro atoms. The number of benzene rings is 2. The van der Waals surface area contributed by atoms with Crippen molar-refractivity contribution in [3.8, 4) is 11.5 Å². The summed E-state index contributed by atoms with van der Waals surface area (Å²) in [6.45, 7) is 4.09. The van der Waals surface area contributed by atoms with Gasteiger partial charge in [-0.3, -0.25) is 0 Å². The molecular formula is C19H22Cl2NO2+. The molecule has 3 rings (SSSR count). The third-order valence-corrected chi connectivity index (χ3v) is 5.61. The lowest BCUT2D eigenvalue weighted by Gasteiger charge is -2.33. The Morgan fingerprint density at radius 1 is 1.08 bits per heavy atom. The van der Waals surface area contributed by atoms with Crippen molar-refractivity contribution in [1.82, 2.24) is 0 Å². The molecule has 0 amide bonds. The number of methoxy groups -OCH3 is 2. The van der Waals surface area contributed by atoms with E-state index in [4.69, 9.17) is 32.7 Å². The predicted molar refractivity (Wildman–Crippen MR) is 97.7 cm³/mol. The van der Waals surface area contributed by atoms with Crippen LogP contribution in [0, 0.1) is 0 Å². The maximum atomic E-state index is 6.35. The summed E-state index contributed by atoms with van der Waals surface area (Å²) in [6, 6.07) is 10.2. The minimum absolute atomic E-state index is 0.334. The van der Waals surface area contributed by atoms with Crippen LogP contribution in [0.15, 0.2) is 30.3 Å². The number of nitrogens with one attached hydrogen (secondary N) is 1. The van der Waals surface area contributed by atoms with E-state index in [0.29, 0.717) is 6.04 Å². The Hall–Kier alpha value is -1.42. The Labute approximate surface area is 153 Å². The Kier molecular flexibility index (Phi) is 5.24. The standard InChI is InChI=1S/C19H21Cl2NO2/c1-12-14-10-19(24-3)18(23-2)9-13(14)7-8-22(12)11-15-16(20)5-4-6-17(15)21/h4-6,9-10,12H,7-8,11H2,1-3H3/p+1/t12-/m1/s1. The first-order valence-electron chi connectivity index (χ1n) is 8.07. The normalized spacial score (nSPS) is 19.7. The molecule has 2 aromatic carbocycles. The molecule has 2 atom stereocenters. The van der Waals surface area contributed by atoms with Gasteiger partial charge in [0.2, 0.25) is 0 Å². The average Bonchev–Trinajstić information content (AvgIpc) is 2.59. The van der Waals surface area contributed by atoms with Crippen LogP contribution >= 0.6 is 23.2 Å². The van der Waals surface area contributed by atoms with Crippen molar-refractivity contribution >= 4 is 23.2 Å². The Morgan fingerprint density at radius 3 is 2.33 bits per heavy atom. The molecule has 0 aliphatic carbocycles. The molecule has 1 unspecified atom stereocenters. The van der Waals surface area contributed by atoms with Gasteiger partial charge in [0.25, 0.3) is 0 Å². The molecule has 2 aromatic rings. The maximum absolute atomic E-state index is 6.35. The third kappa shape index (κ3) is 3.21. The largest absolute Gasteiger partial charge is 0.493 e. The molecule has 1 N–H and O–H groups in total. The third-order valence-electron chi connectivity index (χ3n) is 4.91. The van der Waals surface area contributed by atoms with Crippen molar-refractivity contribution in [2.45, 2.75) is 25.9 Å². The number of quaternary nitrogens is 1. The van der Waals surface area contributed by atoms with Crippen molar-refractivity contribution in [3.05, 3.63) is 57.1 Å². The van der Waals surface area contributed by atoms with Gasteiger partial charge in [-0.25, -0.2) is 0 Å². The van der Waals surface area contributed by atoms with Crippen LogP contribution in [0.5, 0.6) is 11.5 Å². The van der Waals surface area contributed by atoms with Crippen molar-refractivity contribution in [3.63, 3.8) is 0 Å². The van der Waals surface area contributed by atoms with Crippen LogP contribution in [0.1, 0.15) is 29.7 Å². The molecule has 0 bridgehead atoms. The molecule has 1 aliphatic heterocycles. The summed E-state index contributed by atoms with van der Waals surface area (Å²) >= 11 is 12.7. The lowest BCUT2D eigenvalue weighted by atomic mass is 9.92. The van der Waals surface area contributed by atoms with Gasteiger partial charge in [0.15, 0.2) is 11.5 Å². The molecule has 128 valence electrons. The molecule has 5 heteroatoms. The van der Waals surface area contributed by atoms with Gasteiger partial charge < -0.3 is 14.4 Å². The van der Waals surface area contributed by atoms with Crippen LogP contribution in [-0.4, -0.2) is 20.8 Å². The number of ether oxygens (including phenoxy) is 2. The molecule has 3 nitrogen and oxygen atoms in total. The molecule has 1 aliphatic rings. The molecule has 1 heterocycles. The summed E-state index contributed by atoms with van der Waals surface area (Å²) in [5.74, 6) is 1.57. The van der Waals surface area contributed by atoms with E-state index in [1.807, 2.05) is 18.2 Å². The molecule has 0 saturated carbocycles. The van der Waals surface area contributed by atoms with Gasteiger partial charge in [-0.1, -0.05) is 29.3 Å². The highest BCUT2D eigenvalue weighted by Crippen LogP contribution is 2.34.